The van der Waals surface area contributed by atoms with Gasteiger partial charge in [0.1, 0.15) is 18.0 Å². The average molecular weight is 556 g/mol. The van der Waals surface area contributed by atoms with E-state index in [2.05, 4.69) is 10.5 Å². The van der Waals surface area contributed by atoms with Crippen molar-refractivity contribution in [3.05, 3.63) is 72.3 Å². The third-order valence-electron chi connectivity index (χ3n) is 5.41. The molecule has 0 radical (unpaired) electrons. The summed E-state index contributed by atoms with van der Waals surface area (Å²) >= 11 is 0. The number of hydrazone groups is 1. The molecule has 11 heteroatoms. The van der Waals surface area contributed by atoms with Crippen molar-refractivity contribution in [3.8, 4) is 23.0 Å². The van der Waals surface area contributed by atoms with Crippen LogP contribution in [0, 0.1) is 0 Å². The highest BCUT2D eigenvalue weighted by molar-refractivity contribution is 7.92. The lowest BCUT2D eigenvalue weighted by Crippen LogP contribution is -2.39. The van der Waals surface area contributed by atoms with E-state index in [9.17, 15) is 13.2 Å². The van der Waals surface area contributed by atoms with Crippen molar-refractivity contribution in [2.45, 2.75) is 25.2 Å². The number of hydrogen-bond donors (Lipinski definition) is 1. The number of anilines is 1. The van der Waals surface area contributed by atoms with Gasteiger partial charge in [-0.3, -0.25) is 9.10 Å². The number of nitrogens with zero attached hydrogens (tertiary/aromatic N) is 2. The molecule has 10 nitrogen and oxygen atoms in total. The van der Waals surface area contributed by atoms with Gasteiger partial charge in [0.05, 0.1) is 44.2 Å². The van der Waals surface area contributed by atoms with Crippen LogP contribution in [0.25, 0.3) is 0 Å². The first kappa shape index (κ1) is 29.3. The van der Waals surface area contributed by atoms with Crippen LogP contribution in [0.2, 0.25) is 0 Å². The van der Waals surface area contributed by atoms with Crippen LogP contribution >= 0.6 is 0 Å². The Morgan fingerprint density at radius 1 is 0.923 bits per heavy atom. The maximum absolute atomic E-state index is 13.6. The highest BCUT2D eigenvalue weighted by atomic mass is 32.2. The molecule has 0 spiro atoms. The van der Waals surface area contributed by atoms with Gasteiger partial charge < -0.3 is 18.9 Å². The van der Waals surface area contributed by atoms with Crippen LogP contribution < -0.4 is 28.7 Å². The molecule has 0 aliphatic heterocycles. The third-order valence-corrected chi connectivity index (χ3v) is 7.18. The lowest BCUT2D eigenvalue weighted by molar-refractivity contribution is -0.119. The van der Waals surface area contributed by atoms with Crippen LogP contribution in [0.5, 0.6) is 23.0 Å². The van der Waals surface area contributed by atoms with Crippen LogP contribution in [-0.2, 0) is 14.8 Å². The molecule has 0 saturated heterocycles. The van der Waals surface area contributed by atoms with Gasteiger partial charge in [0, 0.05) is 6.07 Å². The minimum absolute atomic E-state index is 0.0139. The minimum atomic E-state index is -4.15. The Bertz CT molecular complexity index is 1380. The maximum Gasteiger partial charge on any atom is 0.264 e. The molecule has 3 aromatic rings. The van der Waals surface area contributed by atoms with Gasteiger partial charge in [0.25, 0.3) is 15.9 Å². The zero-order valence-electron chi connectivity index (χ0n) is 22.4. The van der Waals surface area contributed by atoms with E-state index >= 15 is 0 Å². The highest BCUT2D eigenvalue weighted by Crippen LogP contribution is 2.35. The largest absolute Gasteiger partial charge is 0.497 e. The molecule has 3 rings (SSSR count). The summed E-state index contributed by atoms with van der Waals surface area (Å²) in [5, 5.41) is 4.01. The third kappa shape index (κ3) is 7.64. The molecule has 1 N–H and O–H groups in total. The highest BCUT2D eigenvalue weighted by Gasteiger charge is 2.29. The number of carbonyl (C=O) groups is 1. The zero-order chi connectivity index (χ0) is 28.3. The molecule has 1 amide bonds. The van der Waals surface area contributed by atoms with Gasteiger partial charge in [0.15, 0.2) is 11.5 Å². The number of methoxy groups -OCH3 is 2. The van der Waals surface area contributed by atoms with E-state index in [-0.39, 0.29) is 16.3 Å². The number of amides is 1. The Morgan fingerprint density at radius 3 is 2.33 bits per heavy atom. The van der Waals surface area contributed by atoms with Crippen molar-refractivity contribution in [2.24, 2.45) is 5.10 Å². The van der Waals surface area contributed by atoms with Crippen molar-refractivity contribution in [2.75, 3.05) is 38.3 Å². The second-order valence-corrected chi connectivity index (χ2v) is 10.0. The van der Waals surface area contributed by atoms with Crippen LogP contribution in [0.4, 0.5) is 5.69 Å². The Kier molecular flexibility index (Phi) is 10.6. The Morgan fingerprint density at radius 2 is 1.67 bits per heavy atom. The zero-order valence-corrected chi connectivity index (χ0v) is 23.2. The smallest absolute Gasteiger partial charge is 0.264 e. The summed E-state index contributed by atoms with van der Waals surface area (Å²) in [5.74, 6) is 1.17. The molecular formula is C28H33N3O7S. The quantitative estimate of drug-likeness (QED) is 0.234. The standard InChI is InChI=1S/C28H33N3O7S/c1-5-16-38-26-14-12-21(17-27(26)37-6-2)19-29-30-28(32)20-31(39(33,34)23-10-8-7-9-11-23)24-18-22(35-3)13-15-25(24)36-4/h7-15,17-19H,5-6,16,20H2,1-4H3,(H,30,32)/b29-19-. The Labute approximate surface area is 229 Å². The molecule has 0 fully saturated rings. The SMILES string of the molecule is CCCOc1ccc(/C=N\NC(=O)CN(c2cc(OC)ccc2OC)S(=O)(=O)c2ccccc2)cc1OCC. The summed E-state index contributed by atoms with van der Waals surface area (Å²) in [4.78, 5) is 13.0. The number of hydrogen-bond acceptors (Lipinski definition) is 8. The van der Waals surface area contributed by atoms with Crippen LogP contribution in [0.15, 0.2) is 76.7 Å². The van der Waals surface area contributed by atoms with E-state index < -0.39 is 22.5 Å². The molecule has 0 unspecified atom stereocenters. The number of ether oxygens (including phenoxy) is 4. The summed E-state index contributed by atoms with van der Waals surface area (Å²) in [6, 6.07) is 17.8. The lowest BCUT2D eigenvalue weighted by atomic mass is 10.2. The molecule has 39 heavy (non-hydrogen) atoms. The topological polar surface area (TPSA) is 116 Å². The first-order chi connectivity index (χ1) is 18.8. The summed E-state index contributed by atoms with van der Waals surface area (Å²) in [6.45, 7) is 4.34. The average Bonchev–Trinajstić information content (AvgIpc) is 2.95. The van der Waals surface area contributed by atoms with Crippen LogP contribution in [0.1, 0.15) is 25.8 Å². The number of rotatable bonds is 14. The summed E-state index contributed by atoms with van der Waals surface area (Å²) < 4.78 is 50.2. The number of nitrogens with one attached hydrogen (secondary N) is 1. The molecular weight excluding hydrogens is 522 g/mol. The predicted molar refractivity (Wildman–Crippen MR) is 150 cm³/mol. The van der Waals surface area contributed by atoms with Gasteiger partial charge in [-0.15, -0.1) is 0 Å². The second-order valence-electron chi connectivity index (χ2n) is 8.14. The molecule has 0 aliphatic carbocycles. The fourth-order valence-corrected chi connectivity index (χ4v) is 5.00. The van der Waals surface area contributed by atoms with Crippen molar-refractivity contribution in [1.82, 2.24) is 5.43 Å². The second kappa shape index (κ2) is 14.1. The van der Waals surface area contributed by atoms with Gasteiger partial charge in [-0.25, -0.2) is 13.8 Å². The molecule has 208 valence electrons. The van der Waals surface area contributed by atoms with Crippen molar-refractivity contribution in [1.29, 1.82) is 0 Å². The molecule has 0 atom stereocenters. The fourth-order valence-electron chi connectivity index (χ4n) is 3.56. The van der Waals surface area contributed by atoms with E-state index in [1.54, 1.807) is 48.5 Å². The van der Waals surface area contributed by atoms with E-state index in [0.29, 0.717) is 36.0 Å². The van der Waals surface area contributed by atoms with Crippen LogP contribution in [-0.4, -0.2) is 54.5 Å². The minimum Gasteiger partial charge on any atom is -0.497 e. The van der Waals surface area contributed by atoms with Crippen molar-refractivity contribution < 1.29 is 32.2 Å². The molecule has 0 saturated carbocycles. The van der Waals surface area contributed by atoms with Gasteiger partial charge in [0.2, 0.25) is 0 Å². The Balaban J connectivity index is 1.86. The summed E-state index contributed by atoms with van der Waals surface area (Å²) in [5.41, 5.74) is 3.20. The molecule has 3 aromatic carbocycles. The van der Waals surface area contributed by atoms with Gasteiger partial charge in [-0.05, 0) is 61.4 Å². The number of carbonyl (C=O) groups excluding carboxylic acids is 1. The van der Waals surface area contributed by atoms with E-state index in [1.165, 1.54) is 38.6 Å². The summed E-state index contributed by atoms with van der Waals surface area (Å²) in [7, 11) is -1.28. The van der Waals surface area contributed by atoms with Crippen molar-refractivity contribution in [3.63, 3.8) is 0 Å². The van der Waals surface area contributed by atoms with Crippen LogP contribution in [0.3, 0.4) is 0 Å². The number of sulfonamides is 1. The monoisotopic (exact) mass is 555 g/mol. The molecule has 0 aliphatic rings. The van der Waals surface area contributed by atoms with Gasteiger partial charge in [-0.1, -0.05) is 25.1 Å². The van der Waals surface area contributed by atoms with E-state index in [0.717, 1.165) is 10.7 Å². The maximum atomic E-state index is 13.6. The van der Waals surface area contributed by atoms with Gasteiger partial charge >= 0.3 is 0 Å². The first-order valence-corrected chi connectivity index (χ1v) is 13.8. The molecule has 0 bridgehead atoms. The first-order valence-electron chi connectivity index (χ1n) is 12.3. The summed E-state index contributed by atoms with van der Waals surface area (Å²) in [6.07, 6.45) is 2.30. The normalized spacial score (nSPS) is 11.2. The van der Waals surface area contributed by atoms with E-state index in [4.69, 9.17) is 18.9 Å². The predicted octanol–water partition coefficient (Wildman–Crippen LogP) is 4.24. The van der Waals surface area contributed by atoms with E-state index in [1.807, 2.05) is 13.8 Å². The molecule has 0 aromatic heterocycles. The molecule has 0 heterocycles. The number of benzene rings is 3. The Hall–Kier alpha value is -4.25. The van der Waals surface area contributed by atoms with Gasteiger partial charge in [-0.2, -0.15) is 5.10 Å². The van der Waals surface area contributed by atoms with Crippen molar-refractivity contribution >= 4 is 27.8 Å². The lowest BCUT2D eigenvalue weighted by Gasteiger charge is -2.25. The fraction of sp³-hybridized carbons (Fsp3) is 0.286.